The van der Waals surface area contributed by atoms with Crippen LogP contribution in [0.25, 0.3) is 0 Å². The average Bonchev–Trinajstić information content (AvgIpc) is 2.44. The fourth-order valence-electron chi connectivity index (χ4n) is 2.61. The topological polar surface area (TPSA) is 40.5 Å². The van der Waals surface area contributed by atoms with E-state index in [1.807, 2.05) is 13.0 Å². The van der Waals surface area contributed by atoms with Gasteiger partial charge in [-0.15, -0.1) is 0 Å². The first kappa shape index (κ1) is 7.32. The summed E-state index contributed by atoms with van der Waals surface area (Å²) in [6.07, 6.45) is 4.97. The van der Waals surface area contributed by atoms with Gasteiger partial charge in [0.05, 0.1) is 0 Å². The van der Waals surface area contributed by atoms with E-state index in [1.165, 1.54) is 0 Å². The normalized spacial score (nSPS) is 43.7. The Morgan fingerprint density at radius 2 is 2.18 bits per heavy atom. The van der Waals surface area contributed by atoms with E-state index in [0.717, 1.165) is 24.8 Å². The van der Waals surface area contributed by atoms with Gasteiger partial charge in [0.15, 0.2) is 5.79 Å². The summed E-state index contributed by atoms with van der Waals surface area (Å²) in [6.45, 7) is 1.89. The molecule has 2 aliphatic carbocycles. The molecule has 0 aromatic carbocycles. The minimum atomic E-state index is -1.46. The molecular weight excluding hydrogens is 140 g/mol. The molecule has 2 aliphatic rings. The van der Waals surface area contributed by atoms with Crippen LogP contribution in [0.15, 0.2) is 11.6 Å². The molecule has 0 heterocycles. The minimum Gasteiger partial charge on any atom is -0.362 e. The lowest BCUT2D eigenvalue weighted by molar-refractivity contribution is -0.160. The molecule has 0 amide bonds. The van der Waals surface area contributed by atoms with Gasteiger partial charge in [-0.2, -0.15) is 0 Å². The zero-order chi connectivity index (χ0) is 8.06. The molecule has 2 nitrogen and oxygen atoms in total. The van der Waals surface area contributed by atoms with Crippen LogP contribution in [0.3, 0.4) is 0 Å². The molecule has 2 rings (SSSR count). The fraction of sp³-hybridized carbons (Fsp3) is 0.778. The van der Waals surface area contributed by atoms with Gasteiger partial charge in [0.1, 0.15) is 0 Å². The number of fused-ring (bicyclic) bond motifs is 2. The Morgan fingerprint density at radius 1 is 1.45 bits per heavy atom. The van der Waals surface area contributed by atoms with E-state index in [9.17, 15) is 10.2 Å². The zero-order valence-electron chi connectivity index (χ0n) is 6.75. The molecule has 0 aliphatic heterocycles. The molecule has 0 radical (unpaired) electrons. The van der Waals surface area contributed by atoms with E-state index in [4.69, 9.17) is 0 Å². The second-order valence-electron chi connectivity index (χ2n) is 3.68. The largest absolute Gasteiger partial charge is 0.362 e. The Bertz CT molecular complexity index is 206. The molecule has 11 heavy (non-hydrogen) atoms. The maximum absolute atomic E-state index is 9.63. The van der Waals surface area contributed by atoms with E-state index in [-0.39, 0.29) is 5.92 Å². The first-order valence-electron chi connectivity index (χ1n) is 4.27. The van der Waals surface area contributed by atoms with Crippen LogP contribution in [0, 0.1) is 11.8 Å². The quantitative estimate of drug-likeness (QED) is 0.404. The van der Waals surface area contributed by atoms with Gasteiger partial charge >= 0.3 is 0 Å². The second-order valence-corrected chi connectivity index (χ2v) is 3.68. The average molecular weight is 154 g/mol. The molecule has 62 valence electrons. The van der Waals surface area contributed by atoms with Crippen LogP contribution in [0.4, 0.5) is 0 Å². The minimum absolute atomic E-state index is 0.110. The number of allylic oxidation sites excluding steroid dienone is 1. The molecule has 2 saturated carbocycles. The van der Waals surface area contributed by atoms with Crippen LogP contribution < -0.4 is 0 Å². The number of hydrogen-bond acceptors (Lipinski definition) is 2. The van der Waals surface area contributed by atoms with Gasteiger partial charge in [0.25, 0.3) is 0 Å². The summed E-state index contributed by atoms with van der Waals surface area (Å²) >= 11 is 0. The molecule has 0 aromatic rings. The Kier molecular flexibility index (Phi) is 1.38. The van der Waals surface area contributed by atoms with E-state index < -0.39 is 5.79 Å². The van der Waals surface area contributed by atoms with Crippen molar-refractivity contribution in [2.75, 3.05) is 0 Å². The molecule has 0 saturated heterocycles. The van der Waals surface area contributed by atoms with Crippen molar-refractivity contribution in [3.63, 3.8) is 0 Å². The van der Waals surface area contributed by atoms with Crippen molar-refractivity contribution < 1.29 is 10.2 Å². The summed E-state index contributed by atoms with van der Waals surface area (Å²) in [7, 11) is 0. The monoisotopic (exact) mass is 154 g/mol. The van der Waals surface area contributed by atoms with Crippen LogP contribution in [-0.4, -0.2) is 16.0 Å². The molecule has 2 unspecified atom stereocenters. The third-order valence-electron chi connectivity index (χ3n) is 3.18. The third kappa shape index (κ3) is 0.797. The molecular formula is C9H14O2. The lowest BCUT2D eigenvalue weighted by Crippen LogP contribution is -2.36. The zero-order valence-corrected chi connectivity index (χ0v) is 6.75. The Morgan fingerprint density at radius 3 is 2.55 bits per heavy atom. The van der Waals surface area contributed by atoms with E-state index in [2.05, 4.69) is 0 Å². The maximum Gasteiger partial charge on any atom is 0.188 e. The first-order chi connectivity index (χ1) is 5.16. The Hall–Kier alpha value is -0.340. The molecule has 2 N–H and O–H groups in total. The number of hydrogen-bond donors (Lipinski definition) is 2. The van der Waals surface area contributed by atoms with Crippen molar-refractivity contribution in [2.24, 2.45) is 11.8 Å². The summed E-state index contributed by atoms with van der Waals surface area (Å²) < 4.78 is 0. The van der Waals surface area contributed by atoms with Gasteiger partial charge in [0, 0.05) is 5.92 Å². The lowest BCUT2D eigenvalue weighted by atomic mass is 9.89. The Labute approximate surface area is 66.5 Å². The van der Waals surface area contributed by atoms with Crippen LogP contribution >= 0.6 is 0 Å². The highest BCUT2D eigenvalue weighted by atomic mass is 16.5. The molecule has 2 fully saturated rings. The summed E-state index contributed by atoms with van der Waals surface area (Å²) in [6, 6.07) is 0. The van der Waals surface area contributed by atoms with Crippen molar-refractivity contribution in [2.45, 2.75) is 32.0 Å². The highest BCUT2D eigenvalue weighted by Gasteiger charge is 2.52. The van der Waals surface area contributed by atoms with Gasteiger partial charge < -0.3 is 10.2 Å². The van der Waals surface area contributed by atoms with Gasteiger partial charge in [0.2, 0.25) is 0 Å². The maximum atomic E-state index is 9.63. The molecule has 2 heteroatoms. The molecule has 2 bridgehead atoms. The molecule has 0 aromatic heterocycles. The summed E-state index contributed by atoms with van der Waals surface area (Å²) in [5.74, 6) is -0.892. The van der Waals surface area contributed by atoms with Crippen LogP contribution in [0.2, 0.25) is 0 Å². The SMILES string of the molecule is CC=C1C2CCC(C2)C1(O)O. The summed E-state index contributed by atoms with van der Waals surface area (Å²) in [4.78, 5) is 0. The number of aliphatic hydroxyl groups is 2. The molecule has 0 spiro atoms. The van der Waals surface area contributed by atoms with E-state index in [0.29, 0.717) is 5.92 Å². The third-order valence-corrected chi connectivity index (χ3v) is 3.18. The standard InChI is InChI=1S/C9H14O2/c1-2-8-6-3-4-7(5-6)9(8,10)11/h2,6-7,10-11H,3-5H2,1H3. The smallest absolute Gasteiger partial charge is 0.188 e. The highest BCUT2D eigenvalue weighted by molar-refractivity contribution is 5.25. The van der Waals surface area contributed by atoms with Crippen LogP contribution in [0.1, 0.15) is 26.2 Å². The van der Waals surface area contributed by atoms with Crippen molar-refractivity contribution in [3.8, 4) is 0 Å². The number of rotatable bonds is 0. The predicted molar refractivity (Wildman–Crippen MR) is 41.8 cm³/mol. The second kappa shape index (κ2) is 2.08. The van der Waals surface area contributed by atoms with Gasteiger partial charge in [-0.1, -0.05) is 6.08 Å². The van der Waals surface area contributed by atoms with E-state index in [1.54, 1.807) is 0 Å². The predicted octanol–water partition coefficient (Wildman–Crippen LogP) is 1.04. The van der Waals surface area contributed by atoms with Crippen molar-refractivity contribution in [1.29, 1.82) is 0 Å². The summed E-state index contributed by atoms with van der Waals surface area (Å²) in [5.41, 5.74) is 0.855. The Balaban J connectivity index is 2.36. The van der Waals surface area contributed by atoms with Crippen LogP contribution in [0.5, 0.6) is 0 Å². The first-order valence-corrected chi connectivity index (χ1v) is 4.27. The molecule has 2 atom stereocenters. The summed E-state index contributed by atoms with van der Waals surface area (Å²) in [5, 5.41) is 19.3. The van der Waals surface area contributed by atoms with Gasteiger partial charge in [-0.25, -0.2) is 0 Å². The highest BCUT2D eigenvalue weighted by Crippen LogP contribution is 2.52. The van der Waals surface area contributed by atoms with Crippen LogP contribution in [-0.2, 0) is 0 Å². The van der Waals surface area contributed by atoms with Gasteiger partial charge in [-0.05, 0) is 37.7 Å². The van der Waals surface area contributed by atoms with Crippen molar-refractivity contribution in [1.82, 2.24) is 0 Å². The van der Waals surface area contributed by atoms with Crippen molar-refractivity contribution >= 4 is 0 Å². The lowest BCUT2D eigenvalue weighted by Gasteiger charge is -2.29. The van der Waals surface area contributed by atoms with E-state index >= 15 is 0 Å². The van der Waals surface area contributed by atoms with Crippen molar-refractivity contribution in [3.05, 3.63) is 11.6 Å². The van der Waals surface area contributed by atoms with Gasteiger partial charge in [-0.3, -0.25) is 0 Å². The fourth-order valence-corrected chi connectivity index (χ4v) is 2.61.